The van der Waals surface area contributed by atoms with Crippen molar-refractivity contribution in [2.24, 2.45) is 0 Å². The van der Waals surface area contributed by atoms with Crippen LogP contribution in [-0.4, -0.2) is 47.7 Å². The molecule has 0 saturated heterocycles. The quantitative estimate of drug-likeness (QED) is 0.330. The summed E-state index contributed by atoms with van der Waals surface area (Å²) in [5, 5.41) is 0. The molecular weight excluding hydrogens is 357 g/mol. The lowest BCUT2D eigenvalue weighted by atomic mass is 9.93. The van der Waals surface area contributed by atoms with E-state index < -0.39 is 48.2 Å². The number of phosphoric ester groups is 3. The maximum atomic E-state index is 10.8. The number of hydrogen-bond donors (Lipinski definition) is 6. The zero-order valence-corrected chi connectivity index (χ0v) is 13.0. The van der Waals surface area contributed by atoms with Crippen molar-refractivity contribution in [3.63, 3.8) is 0 Å². The summed E-state index contributed by atoms with van der Waals surface area (Å²) in [6.45, 7) is 0. The second-order valence-electron chi connectivity index (χ2n) is 4.30. The molecule has 126 valence electrons. The summed E-state index contributed by atoms with van der Waals surface area (Å²) in [5.41, 5.74) is 0. The molecule has 0 amide bonds. The fourth-order valence-corrected chi connectivity index (χ4v) is 3.69. The minimum Gasteiger partial charge on any atom is -0.303 e. The molecule has 0 aromatic carbocycles. The van der Waals surface area contributed by atoms with E-state index in [0.29, 0.717) is 0 Å². The van der Waals surface area contributed by atoms with Gasteiger partial charge in [-0.25, -0.2) is 13.7 Å². The SMILES string of the molecule is O=P(O)(O)OC1CCC(OP(=O)(O)O)[C@H](OP(=O)(O)O)C1. The van der Waals surface area contributed by atoms with Gasteiger partial charge in [0.25, 0.3) is 0 Å². The Morgan fingerprint density at radius 2 is 1.10 bits per heavy atom. The largest absolute Gasteiger partial charge is 0.469 e. The van der Waals surface area contributed by atoms with E-state index >= 15 is 0 Å². The highest BCUT2D eigenvalue weighted by Crippen LogP contribution is 2.48. The van der Waals surface area contributed by atoms with Gasteiger partial charge in [0.1, 0.15) is 0 Å². The van der Waals surface area contributed by atoms with E-state index in [9.17, 15) is 13.7 Å². The van der Waals surface area contributed by atoms with Crippen LogP contribution in [0.25, 0.3) is 0 Å². The predicted molar refractivity (Wildman–Crippen MR) is 64.6 cm³/mol. The lowest BCUT2D eigenvalue weighted by Crippen LogP contribution is -2.39. The summed E-state index contributed by atoms with van der Waals surface area (Å²) in [6.07, 6.45) is -4.59. The van der Waals surface area contributed by atoms with Gasteiger partial charge in [-0.05, 0) is 12.8 Å². The minimum atomic E-state index is -5.00. The van der Waals surface area contributed by atoms with Gasteiger partial charge in [-0.15, -0.1) is 0 Å². The van der Waals surface area contributed by atoms with Gasteiger partial charge in [0.2, 0.25) is 0 Å². The fourth-order valence-electron chi connectivity index (χ4n) is 1.94. The average molecular weight is 372 g/mol. The summed E-state index contributed by atoms with van der Waals surface area (Å²) >= 11 is 0. The van der Waals surface area contributed by atoms with E-state index in [0.717, 1.165) is 0 Å². The van der Waals surface area contributed by atoms with Crippen molar-refractivity contribution in [3.8, 4) is 0 Å². The Balaban J connectivity index is 2.81. The van der Waals surface area contributed by atoms with E-state index in [1.165, 1.54) is 0 Å². The molecule has 15 heteroatoms. The molecule has 0 radical (unpaired) electrons. The van der Waals surface area contributed by atoms with Crippen LogP contribution in [0.15, 0.2) is 0 Å². The van der Waals surface area contributed by atoms with Gasteiger partial charge in [0.05, 0.1) is 18.3 Å². The highest BCUT2D eigenvalue weighted by molar-refractivity contribution is 7.46. The van der Waals surface area contributed by atoms with Crippen molar-refractivity contribution in [2.75, 3.05) is 0 Å². The van der Waals surface area contributed by atoms with Crippen LogP contribution < -0.4 is 0 Å². The third-order valence-corrected chi connectivity index (χ3v) is 4.18. The second kappa shape index (κ2) is 6.84. The minimum absolute atomic E-state index is 0.0448. The van der Waals surface area contributed by atoms with E-state index in [-0.39, 0.29) is 12.8 Å². The molecule has 0 bridgehead atoms. The van der Waals surface area contributed by atoms with E-state index in [1.807, 2.05) is 0 Å². The van der Waals surface area contributed by atoms with Crippen molar-refractivity contribution in [3.05, 3.63) is 0 Å². The van der Waals surface area contributed by atoms with Crippen molar-refractivity contribution in [2.45, 2.75) is 37.6 Å². The Morgan fingerprint density at radius 3 is 1.52 bits per heavy atom. The van der Waals surface area contributed by atoms with Gasteiger partial charge in [-0.2, -0.15) is 0 Å². The van der Waals surface area contributed by atoms with Crippen molar-refractivity contribution >= 4 is 23.5 Å². The summed E-state index contributed by atoms with van der Waals surface area (Å²) in [5.74, 6) is 0. The van der Waals surface area contributed by atoms with Crippen LogP contribution in [0.5, 0.6) is 0 Å². The first-order valence-corrected chi connectivity index (χ1v) is 10.1. The Bertz CT molecular complexity index is 487. The first-order valence-electron chi connectivity index (χ1n) is 5.47. The normalized spacial score (nSPS) is 28.6. The van der Waals surface area contributed by atoms with E-state index in [1.54, 1.807) is 0 Å². The molecule has 1 aliphatic rings. The van der Waals surface area contributed by atoms with Crippen LogP contribution in [0, 0.1) is 0 Å². The fraction of sp³-hybridized carbons (Fsp3) is 1.00. The smallest absolute Gasteiger partial charge is 0.303 e. The van der Waals surface area contributed by atoms with Crippen molar-refractivity contribution in [1.82, 2.24) is 0 Å². The molecule has 6 N–H and O–H groups in total. The first kappa shape index (κ1) is 19.4. The Labute approximate surface area is 118 Å². The maximum Gasteiger partial charge on any atom is 0.469 e. The topological polar surface area (TPSA) is 200 Å². The molecule has 12 nitrogen and oxygen atoms in total. The zero-order valence-electron chi connectivity index (χ0n) is 10.3. The van der Waals surface area contributed by atoms with E-state index in [4.69, 9.17) is 29.4 Å². The molecule has 0 aromatic rings. The van der Waals surface area contributed by atoms with Gasteiger partial charge >= 0.3 is 23.5 Å². The van der Waals surface area contributed by atoms with Crippen LogP contribution in [0.1, 0.15) is 19.3 Å². The number of phosphoric acid groups is 3. The third kappa shape index (κ3) is 8.51. The van der Waals surface area contributed by atoms with Gasteiger partial charge in [0, 0.05) is 6.42 Å². The predicted octanol–water partition coefficient (Wildman–Crippen LogP) is -0.396. The maximum absolute atomic E-state index is 10.8. The van der Waals surface area contributed by atoms with Crippen LogP contribution >= 0.6 is 23.5 Å². The molecular formula is C6H15O12P3. The standard InChI is InChI=1S/C6H15O12P3/c7-19(8,9)16-4-1-2-5(17-20(10,11)12)6(3-4)18-21(13,14)15/h4-6H,1-3H2,(H2,7,8,9)(H2,10,11,12)(H2,13,14,15)/t4?,5?,6-/m1/s1. The molecule has 2 unspecified atom stereocenters. The Hall–Kier alpha value is 0.330. The monoisotopic (exact) mass is 372 g/mol. The second-order valence-corrected chi connectivity index (χ2v) is 7.88. The summed E-state index contributed by atoms with van der Waals surface area (Å²) < 4.78 is 45.4. The highest BCUT2D eigenvalue weighted by Gasteiger charge is 2.41. The average Bonchev–Trinajstić information content (AvgIpc) is 2.15. The summed E-state index contributed by atoms with van der Waals surface area (Å²) in [6, 6.07) is 0. The summed E-state index contributed by atoms with van der Waals surface area (Å²) in [7, 11) is -14.7. The lowest BCUT2D eigenvalue weighted by molar-refractivity contribution is -0.0444. The van der Waals surface area contributed by atoms with Gasteiger partial charge < -0.3 is 29.4 Å². The lowest BCUT2D eigenvalue weighted by Gasteiger charge is -2.35. The van der Waals surface area contributed by atoms with Crippen LogP contribution in [0.4, 0.5) is 0 Å². The molecule has 0 heterocycles. The Kier molecular flexibility index (Phi) is 6.31. The van der Waals surface area contributed by atoms with Gasteiger partial charge in [-0.1, -0.05) is 0 Å². The van der Waals surface area contributed by atoms with Crippen LogP contribution in [-0.2, 0) is 27.3 Å². The van der Waals surface area contributed by atoms with Crippen LogP contribution in [0.2, 0.25) is 0 Å². The molecule has 1 fully saturated rings. The van der Waals surface area contributed by atoms with Crippen molar-refractivity contribution in [1.29, 1.82) is 0 Å². The number of hydrogen-bond acceptors (Lipinski definition) is 6. The zero-order chi connectivity index (χ0) is 16.5. The highest BCUT2D eigenvalue weighted by atomic mass is 31.2. The molecule has 3 atom stereocenters. The molecule has 0 aromatic heterocycles. The Morgan fingerprint density at radius 1 is 0.667 bits per heavy atom. The van der Waals surface area contributed by atoms with Crippen molar-refractivity contribution < 1.29 is 56.6 Å². The summed E-state index contributed by atoms with van der Waals surface area (Å²) in [4.78, 5) is 52.3. The molecule has 21 heavy (non-hydrogen) atoms. The first-order chi connectivity index (χ1) is 9.25. The molecule has 0 aliphatic heterocycles. The number of rotatable bonds is 6. The van der Waals surface area contributed by atoms with Gasteiger partial charge in [0.15, 0.2) is 0 Å². The molecule has 0 spiro atoms. The van der Waals surface area contributed by atoms with E-state index in [2.05, 4.69) is 13.6 Å². The van der Waals surface area contributed by atoms with Crippen LogP contribution in [0.3, 0.4) is 0 Å². The van der Waals surface area contributed by atoms with Gasteiger partial charge in [-0.3, -0.25) is 13.6 Å². The molecule has 1 rings (SSSR count). The third-order valence-electron chi connectivity index (χ3n) is 2.51. The molecule has 1 saturated carbocycles. The molecule has 1 aliphatic carbocycles.